The molecule has 170 valence electrons. The molecule has 5 heterocycles. The molecule has 1 spiro atoms. The summed E-state index contributed by atoms with van der Waals surface area (Å²) in [6.07, 6.45) is 3.89. The lowest BCUT2D eigenvalue weighted by atomic mass is 9.79. The summed E-state index contributed by atoms with van der Waals surface area (Å²) >= 11 is 1.98. The molecule has 4 aliphatic rings. The van der Waals surface area contributed by atoms with Gasteiger partial charge in [-0.05, 0) is 37.8 Å². The number of likely N-dealkylation sites (tertiary alicyclic amines) is 2. The van der Waals surface area contributed by atoms with Crippen molar-refractivity contribution in [3.63, 3.8) is 0 Å². The smallest absolute Gasteiger partial charge is 0.410 e. The fourth-order valence-corrected chi connectivity index (χ4v) is 6.78. The SMILES string of the molecule is CCc1cc2c(s1)CCO[C@@]21CCN(CC2CN(C(=O)CN3CCOC3=O)C2)[C@@H](C)C1. The second-order valence-corrected chi connectivity index (χ2v) is 10.7. The van der Waals surface area contributed by atoms with Crippen molar-refractivity contribution in [2.24, 2.45) is 5.92 Å². The first-order valence-corrected chi connectivity index (χ1v) is 12.5. The molecule has 7 nitrogen and oxygen atoms in total. The van der Waals surface area contributed by atoms with Crippen molar-refractivity contribution < 1.29 is 19.1 Å². The van der Waals surface area contributed by atoms with Gasteiger partial charge in [0, 0.05) is 54.3 Å². The number of carbonyl (C=O) groups is 2. The van der Waals surface area contributed by atoms with Gasteiger partial charge in [0.25, 0.3) is 0 Å². The Morgan fingerprint density at radius 1 is 1.29 bits per heavy atom. The van der Waals surface area contributed by atoms with Crippen LogP contribution in [0.5, 0.6) is 0 Å². The number of hydrogen-bond acceptors (Lipinski definition) is 6. The number of fused-ring (bicyclic) bond motifs is 2. The number of cyclic esters (lactones) is 1. The summed E-state index contributed by atoms with van der Waals surface area (Å²) in [5.41, 5.74) is 1.37. The number of ether oxygens (including phenoxy) is 2. The third kappa shape index (κ3) is 3.98. The van der Waals surface area contributed by atoms with Gasteiger partial charge in [0.1, 0.15) is 13.2 Å². The standard InChI is InChI=1S/C23H33N3O4S/c1-3-18-10-19-20(31-18)4-8-30-23(19)5-6-24(16(2)11-23)12-17-13-26(14-17)21(27)15-25-7-9-29-22(25)28/h10,16-17H,3-9,11-15H2,1-2H3/t16-,23+/m0/s1. The lowest BCUT2D eigenvalue weighted by Crippen LogP contribution is -2.58. The van der Waals surface area contributed by atoms with E-state index in [0.717, 1.165) is 58.5 Å². The Morgan fingerprint density at radius 2 is 2.13 bits per heavy atom. The van der Waals surface area contributed by atoms with Crippen LogP contribution < -0.4 is 0 Å². The summed E-state index contributed by atoms with van der Waals surface area (Å²) in [7, 11) is 0. The van der Waals surface area contributed by atoms with Crippen LogP contribution >= 0.6 is 11.3 Å². The van der Waals surface area contributed by atoms with Crippen LogP contribution in [0.2, 0.25) is 0 Å². The highest BCUT2D eigenvalue weighted by Gasteiger charge is 2.45. The zero-order valence-electron chi connectivity index (χ0n) is 18.6. The lowest BCUT2D eigenvalue weighted by Gasteiger charge is -2.50. The Kier molecular flexibility index (Phi) is 5.73. The Bertz CT molecular complexity index is 852. The summed E-state index contributed by atoms with van der Waals surface area (Å²) in [6.45, 7) is 10.1. The van der Waals surface area contributed by atoms with Gasteiger partial charge in [-0.1, -0.05) is 6.92 Å². The minimum absolute atomic E-state index is 0.0352. The minimum atomic E-state index is -0.369. The highest BCUT2D eigenvalue weighted by molar-refractivity contribution is 7.12. The third-order valence-electron chi connectivity index (χ3n) is 7.43. The fraction of sp³-hybridized carbons (Fsp3) is 0.739. The average Bonchev–Trinajstić information content (AvgIpc) is 3.33. The van der Waals surface area contributed by atoms with Gasteiger partial charge in [-0.15, -0.1) is 11.3 Å². The predicted molar refractivity (Wildman–Crippen MR) is 118 cm³/mol. The number of aryl methyl sites for hydroxylation is 1. The number of thiophene rings is 1. The van der Waals surface area contributed by atoms with Crippen LogP contribution in [0.3, 0.4) is 0 Å². The summed E-state index contributed by atoms with van der Waals surface area (Å²) < 4.78 is 11.4. The van der Waals surface area contributed by atoms with E-state index in [1.54, 1.807) is 4.88 Å². The molecule has 3 fully saturated rings. The number of nitrogens with zero attached hydrogens (tertiary/aromatic N) is 3. The molecule has 4 aliphatic heterocycles. The third-order valence-corrected chi connectivity index (χ3v) is 8.77. The summed E-state index contributed by atoms with van der Waals surface area (Å²) in [5.74, 6) is 0.551. The zero-order valence-corrected chi connectivity index (χ0v) is 19.4. The number of carbonyl (C=O) groups excluding carboxylic acids is 2. The highest BCUT2D eigenvalue weighted by Crippen LogP contribution is 2.46. The van der Waals surface area contributed by atoms with Gasteiger partial charge in [-0.2, -0.15) is 0 Å². The first kappa shape index (κ1) is 21.2. The molecule has 0 bridgehead atoms. The van der Waals surface area contributed by atoms with Gasteiger partial charge in [0.2, 0.25) is 5.91 Å². The molecule has 0 radical (unpaired) electrons. The van der Waals surface area contributed by atoms with Crippen LogP contribution in [0.4, 0.5) is 4.79 Å². The molecule has 0 aliphatic carbocycles. The van der Waals surface area contributed by atoms with Crippen LogP contribution in [-0.2, 0) is 32.7 Å². The van der Waals surface area contributed by atoms with Gasteiger partial charge < -0.3 is 19.3 Å². The van der Waals surface area contributed by atoms with Crippen molar-refractivity contribution in [2.45, 2.75) is 51.2 Å². The fourth-order valence-electron chi connectivity index (χ4n) is 5.60. The van der Waals surface area contributed by atoms with E-state index in [2.05, 4.69) is 24.8 Å². The molecule has 8 heteroatoms. The monoisotopic (exact) mass is 447 g/mol. The van der Waals surface area contributed by atoms with Gasteiger partial charge in [0.05, 0.1) is 18.8 Å². The Morgan fingerprint density at radius 3 is 2.84 bits per heavy atom. The molecule has 0 N–H and O–H groups in total. The largest absolute Gasteiger partial charge is 0.448 e. The lowest BCUT2D eigenvalue weighted by molar-refractivity contribution is -0.140. The maximum atomic E-state index is 12.4. The quantitative estimate of drug-likeness (QED) is 0.694. The van der Waals surface area contributed by atoms with E-state index in [1.807, 2.05) is 16.2 Å². The van der Waals surface area contributed by atoms with Gasteiger partial charge >= 0.3 is 6.09 Å². The second kappa shape index (κ2) is 8.37. The van der Waals surface area contributed by atoms with Gasteiger partial charge in [-0.3, -0.25) is 9.69 Å². The van der Waals surface area contributed by atoms with E-state index in [4.69, 9.17) is 9.47 Å². The topological polar surface area (TPSA) is 62.3 Å². The van der Waals surface area contributed by atoms with Crippen LogP contribution in [0, 0.1) is 5.92 Å². The van der Waals surface area contributed by atoms with Crippen LogP contribution in [-0.4, -0.2) is 85.2 Å². The van der Waals surface area contributed by atoms with Crippen molar-refractivity contribution in [3.8, 4) is 0 Å². The maximum Gasteiger partial charge on any atom is 0.410 e. The molecule has 1 aromatic heterocycles. The van der Waals surface area contributed by atoms with Crippen LogP contribution in [0.25, 0.3) is 0 Å². The molecule has 5 rings (SSSR count). The van der Waals surface area contributed by atoms with Gasteiger partial charge in [-0.25, -0.2) is 4.79 Å². The maximum absolute atomic E-state index is 12.4. The molecular formula is C23H33N3O4S. The molecule has 1 aromatic rings. The minimum Gasteiger partial charge on any atom is -0.448 e. The van der Waals surface area contributed by atoms with E-state index in [9.17, 15) is 9.59 Å². The zero-order chi connectivity index (χ0) is 21.6. The van der Waals surface area contributed by atoms with E-state index in [1.165, 1.54) is 15.3 Å². The number of amides is 2. The molecule has 0 saturated carbocycles. The summed E-state index contributed by atoms with van der Waals surface area (Å²) in [4.78, 5) is 32.9. The Hall–Kier alpha value is -1.64. The number of rotatable bonds is 5. The van der Waals surface area contributed by atoms with Crippen LogP contribution in [0.1, 0.15) is 42.0 Å². The Balaban J connectivity index is 1.13. The molecule has 2 amide bonds. The van der Waals surface area contributed by atoms with Crippen molar-refractivity contribution >= 4 is 23.3 Å². The van der Waals surface area contributed by atoms with Crippen molar-refractivity contribution in [1.29, 1.82) is 0 Å². The predicted octanol–water partition coefficient (Wildman–Crippen LogP) is 2.47. The van der Waals surface area contributed by atoms with Gasteiger partial charge in [0.15, 0.2) is 0 Å². The number of hydrogen-bond donors (Lipinski definition) is 0. The van der Waals surface area contributed by atoms with Crippen molar-refractivity contribution in [1.82, 2.24) is 14.7 Å². The molecule has 2 atom stereocenters. The van der Waals surface area contributed by atoms with E-state index in [0.29, 0.717) is 25.1 Å². The average molecular weight is 448 g/mol. The Labute approximate surface area is 188 Å². The normalized spacial score (nSPS) is 29.2. The van der Waals surface area contributed by atoms with E-state index in [-0.39, 0.29) is 24.1 Å². The molecule has 3 saturated heterocycles. The second-order valence-electron chi connectivity index (χ2n) is 9.49. The van der Waals surface area contributed by atoms with E-state index < -0.39 is 0 Å². The molecule has 0 aromatic carbocycles. The number of piperidine rings is 1. The first-order valence-electron chi connectivity index (χ1n) is 11.7. The van der Waals surface area contributed by atoms with Crippen molar-refractivity contribution in [2.75, 3.05) is 52.5 Å². The van der Waals surface area contributed by atoms with Crippen molar-refractivity contribution in [3.05, 3.63) is 21.4 Å². The first-order chi connectivity index (χ1) is 15.0. The summed E-state index contributed by atoms with van der Waals surface area (Å²) in [5, 5.41) is 0. The highest BCUT2D eigenvalue weighted by atomic mass is 32.1. The summed E-state index contributed by atoms with van der Waals surface area (Å²) in [6, 6.07) is 2.88. The molecule has 31 heavy (non-hydrogen) atoms. The molecule has 0 unspecified atom stereocenters. The van der Waals surface area contributed by atoms with E-state index >= 15 is 0 Å². The van der Waals surface area contributed by atoms with Crippen LogP contribution in [0.15, 0.2) is 6.07 Å². The molecular weight excluding hydrogens is 414 g/mol.